The largest absolute Gasteiger partial charge is 0.297 e. The number of aromatic nitrogens is 1. The van der Waals surface area contributed by atoms with Gasteiger partial charge in [-0.15, -0.1) is 11.3 Å². The molecule has 5 heteroatoms. The van der Waals surface area contributed by atoms with E-state index in [2.05, 4.69) is 34.5 Å². The molecule has 0 unspecified atom stereocenters. The molecule has 0 saturated carbocycles. The topological polar surface area (TPSA) is 40.5 Å². The number of aryl methyl sites for hydroxylation is 1. The fourth-order valence-electron chi connectivity index (χ4n) is 1.81. The second kappa shape index (κ2) is 3.75. The first-order valence-corrected chi connectivity index (χ1v) is 6.08. The lowest BCUT2D eigenvalue weighted by molar-refractivity contribution is 0.557. The van der Waals surface area contributed by atoms with Crippen molar-refractivity contribution in [3.8, 4) is 0 Å². The van der Waals surface area contributed by atoms with Crippen molar-refractivity contribution in [2.24, 2.45) is 4.99 Å². The molecule has 16 heavy (non-hydrogen) atoms. The van der Waals surface area contributed by atoms with Gasteiger partial charge in [0, 0.05) is 5.56 Å². The zero-order valence-electron chi connectivity index (χ0n) is 8.97. The quantitative estimate of drug-likeness (QED) is 0.863. The van der Waals surface area contributed by atoms with Crippen LogP contribution in [0.1, 0.15) is 5.56 Å². The molecule has 1 aromatic carbocycles. The number of nitrogens with one attached hydrogen (secondary N) is 1. The van der Waals surface area contributed by atoms with E-state index in [1.807, 2.05) is 16.9 Å². The van der Waals surface area contributed by atoms with Crippen LogP contribution >= 0.6 is 11.3 Å². The van der Waals surface area contributed by atoms with Gasteiger partial charge >= 0.3 is 0 Å². The third-order valence-corrected chi connectivity index (χ3v) is 3.50. The van der Waals surface area contributed by atoms with Crippen LogP contribution in [0.25, 0.3) is 10.2 Å². The molecular weight excluding hydrogens is 220 g/mol. The zero-order valence-corrected chi connectivity index (χ0v) is 9.79. The number of hydrazine groups is 1. The van der Waals surface area contributed by atoms with Crippen LogP contribution in [-0.2, 0) is 0 Å². The van der Waals surface area contributed by atoms with Crippen LogP contribution in [-0.4, -0.2) is 29.4 Å². The van der Waals surface area contributed by atoms with Crippen LogP contribution in [0.5, 0.6) is 0 Å². The highest BCUT2D eigenvalue weighted by Gasteiger charge is 2.09. The maximum atomic E-state index is 4.38. The summed E-state index contributed by atoms with van der Waals surface area (Å²) in [5.74, 6) is 0. The summed E-state index contributed by atoms with van der Waals surface area (Å²) in [6.07, 6.45) is 1.84. The highest BCUT2D eigenvalue weighted by Crippen LogP contribution is 2.27. The minimum Gasteiger partial charge on any atom is -0.297 e. The molecule has 3 rings (SSSR count). The second-order valence-electron chi connectivity index (χ2n) is 3.76. The van der Waals surface area contributed by atoms with Gasteiger partial charge in [-0.25, -0.2) is 4.98 Å². The van der Waals surface area contributed by atoms with Gasteiger partial charge < -0.3 is 0 Å². The predicted octanol–water partition coefficient (Wildman–Crippen LogP) is 2.28. The summed E-state index contributed by atoms with van der Waals surface area (Å²) in [5.41, 5.74) is 8.61. The molecule has 0 bridgehead atoms. The predicted molar refractivity (Wildman–Crippen MR) is 68.0 cm³/mol. The number of benzene rings is 1. The summed E-state index contributed by atoms with van der Waals surface area (Å²) < 4.78 is 1.23. The lowest BCUT2D eigenvalue weighted by Crippen LogP contribution is -2.26. The lowest BCUT2D eigenvalue weighted by atomic mass is 10.2. The SMILES string of the molecule is Cc1c(NN2C=NCC2)ccc2scnc12. The van der Waals surface area contributed by atoms with Crippen molar-refractivity contribution >= 4 is 33.6 Å². The lowest BCUT2D eigenvalue weighted by Gasteiger charge is -2.18. The number of fused-ring (bicyclic) bond motifs is 1. The van der Waals surface area contributed by atoms with Crippen LogP contribution in [0.2, 0.25) is 0 Å². The fraction of sp³-hybridized carbons (Fsp3) is 0.273. The molecule has 82 valence electrons. The highest BCUT2D eigenvalue weighted by molar-refractivity contribution is 7.16. The van der Waals surface area contributed by atoms with Crippen LogP contribution in [0.4, 0.5) is 5.69 Å². The van der Waals surface area contributed by atoms with Gasteiger partial charge in [0.2, 0.25) is 0 Å². The maximum Gasteiger partial charge on any atom is 0.104 e. The Bertz CT molecular complexity index is 546. The van der Waals surface area contributed by atoms with Gasteiger partial charge in [0.15, 0.2) is 0 Å². The monoisotopic (exact) mass is 232 g/mol. The van der Waals surface area contributed by atoms with Crippen molar-refractivity contribution in [2.75, 3.05) is 18.5 Å². The number of thiazole rings is 1. The van der Waals surface area contributed by atoms with E-state index in [-0.39, 0.29) is 0 Å². The molecule has 2 aromatic rings. The minimum atomic E-state index is 0.866. The Morgan fingerprint density at radius 2 is 2.38 bits per heavy atom. The maximum absolute atomic E-state index is 4.38. The number of aliphatic imine (C=N–C) groups is 1. The van der Waals surface area contributed by atoms with Gasteiger partial charge in [-0.2, -0.15) is 0 Å². The second-order valence-corrected chi connectivity index (χ2v) is 4.65. The van der Waals surface area contributed by atoms with Crippen LogP contribution in [0.3, 0.4) is 0 Å². The zero-order chi connectivity index (χ0) is 11.0. The molecule has 0 atom stereocenters. The summed E-state index contributed by atoms with van der Waals surface area (Å²) >= 11 is 1.67. The van der Waals surface area contributed by atoms with Crippen molar-refractivity contribution in [3.05, 3.63) is 23.2 Å². The molecule has 2 heterocycles. The van der Waals surface area contributed by atoms with Gasteiger partial charge in [0.1, 0.15) is 6.34 Å². The number of hydrogen-bond acceptors (Lipinski definition) is 5. The average molecular weight is 232 g/mol. The molecule has 4 nitrogen and oxygen atoms in total. The van der Waals surface area contributed by atoms with Crippen molar-refractivity contribution in [1.82, 2.24) is 9.99 Å². The van der Waals surface area contributed by atoms with E-state index in [1.165, 1.54) is 10.3 Å². The molecule has 0 saturated heterocycles. The van der Waals surface area contributed by atoms with Gasteiger partial charge in [-0.05, 0) is 19.1 Å². The van der Waals surface area contributed by atoms with E-state index in [9.17, 15) is 0 Å². The molecule has 1 N–H and O–H groups in total. The highest BCUT2D eigenvalue weighted by atomic mass is 32.1. The molecule has 1 aliphatic heterocycles. The Kier molecular flexibility index (Phi) is 2.25. The van der Waals surface area contributed by atoms with E-state index in [1.54, 1.807) is 11.3 Å². The molecule has 0 radical (unpaired) electrons. The molecule has 0 aliphatic carbocycles. The van der Waals surface area contributed by atoms with Crippen LogP contribution < -0.4 is 5.43 Å². The van der Waals surface area contributed by atoms with Crippen molar-refractivity contribution in [1.29, 1.82) is 0 Å². The number of nitrogens with zero attached hydrogens (tertiary/aromatic N) is 3. The van der Waals surface area contributed by atoms with Crippen molar-refractivity contribution in [3.63, 3.8) is 0 Å². The number of anilines is 1. The molecule has 1 aliphatic rings. The Labute approximate surface area is 97.6 Å². The fourth-order valence-corrected chi connectivity index (χ4v) is 2.54. The summed E-state index contributed by atoms with van der Waals surface area (Å²) in [6, 6.07) is 4.21. The standard InChI is InChI=1S/C11H12N4S/c1-8-9(14-15-5-4-12-6-15)2-3-10-11(8)13-7-16-10/h2-3,6-7,14H,4-5H2,1H3. The minimum absolute atomic E-state index is 0.866. The van der Waals surface area contributed by atoms with Gasteiger partial charge in [-0.1, -0.05) is 0 Å². The molecule has 0 amide bonds. The van der Waals surface area contributed by atoms with Crippen LogP contribution in [0.15, 0.2) is 22.6 Å². The van der Waals surface area contributed by atoms with Crippen molar-refractivity contribution < 1.29 is 0 Å². The molecule has 0 spiro atoms. The first-order valence-electron chi connectivity index (χ1n) is 5.20. The van der Waals surface area contributed by atoms with Crippen molar-refractivity contribution in [2.45, 2.75) is 6.92 Å². The first-order chi connectivity index (χ1) is 7.84. The van der Waals surface area contributed by atoms with Gasteiger partial charge in [0.05, 0.1) is 34.5 Å². The Hall–Kier alpha value is -1.62. The number of rotatable bonds is 2. The van der Waals surface area contributed by atoms with E-state index in [4.69, 9.17) is 0 Å². The Balaban J connectivity index is 1.96. The third-order valence-electron chi connectivity index (χ3n) is 2.71. The van der Waals surface area contributed by atoms with Gasteiger partial charge in [0.25, 0.3) is 0 Å². The smallest absolute Gasteiger partial charge is 0.104 e. The van der Waals surface area contributed by atoms with Crippen LogP contribution in [0, 0.1) is 6.92 Å². The average Bonchev–Trinajstić information content (AvgIpc) is 2.93. The van der Waals surface area contributed by atoms with E-state index in [0.29, 0.717) is 0 Å². The third kappa shape index (κ3) is 1.53. The van der Waals surface area contributed by atoms with Gasteiger partial charge in [-0.3, -0.25) is 15.4 Å². The Morgan fingerprint density at radius 3 is 3.19 bits per heavy atom. The summed E-state index contributed by atoms with van der Waals surface area (Å²) in [6.45, 7) is 3.89. The summed E-state index contributed by atoms with van der Waals surface area (Å²) in [4.78, 5) is 8.55. The molecular formula is C11H12N4S. The number of hydrogen-bond donors (Lipinski definition) is 1. The van der Waals surface area contributed by atoms with E-state index in [0.717, 1.165) is 24.3 Å². The molecule has 1 aromatic heterocycles. The molecule has 0 fully saturated rings. The summed E-state index contributed by atoms with van der Waals surface area (Å²) in [5, 5.41) is 2.00. The van der Waals surface area contributed by atoms with E-state index < -0.39 is 0 Å². The first kappa shape index (κ1) is 9.59. The van der Waals surface area contributed by atoms with E-state index >= 15 is 0 Å². The summed E-state index contributed by atoms with van der Waals surface area (Å²) in [7, 11) is 0. The normalized spacial score (nSPS) is 14.9. The Morgan fingerprint density at radius 1 is 1.44 bits per heavy atom.